The highest BCUT2D eigenvalue weighted by atomic mass is 32.1. The normalized spacial score (nSPS) is 25.8. The van der Waals surface area contributed by atoms with Crippen molar-refractivity contribution in [2.45, 2.75) is 30.8 Å². The molecule has 45 heavy (non-hydrogen) atoms. The highest BCUT2D eigenvalue weighted by molar-refractivity contribution is 7.71. The number of nitrogens with zero attached hydrogens (tertiary/aromatic N) is 3. The highest BCUT2D eigenvalue weighted by Gasteiger charge is 2.56. The molecule has 22 nitrogen and oxygen atoms in total. The van der Waals surface area contributed by atoms with Crippen LogP contribution in [-0.2, 0) is 50.6 Å². The van der Waals surface area contributed by atoms with Crippen molar-refractivity contribution in [2.24, 2.45) is 0 Å². The first-order valence-electron chi connectivity index (χ1n) is 11.9. The first-order chi connectivity index (χ1) is 21.0. The van der Waals surface area contributed by atoms with Crippen LogP contribution in [0.15, 0.2) is 17.8 Å². The van der Waals surface area contributed by atoms with Gasteiger partial charge in [-0.2, -0.15) is 13.6 Å². The van der Waals surface area contributed by atoms with Gasteiger partial charge in [-0.15, -0.1) is 11.3 Å². The number of anilines is 2. The zero-order valence-electron chi connectivity index (χ0n) is 22.1. The SMILES string of the molecule is COC(=O)c1ccsc1NC(=O)[C@@H]1OC2C(COP(=O)(O)OP(=O)(O)OP(=O)(O)O)OC(n3cnc4c(=S)[nH]c(N)nc43)C2O1. The Kier molecular flexibility index (Phi) is 9.48. The molecule has 5 rings (SSSR count). The zero-order valence-corrected chi connectivity index (χ0v) is 26.4. The van der Waals surface area contributed by atoms with Crippen molar-refractivity contribution in [1.82, 2.24) is 19.5 Å². The minimum atomic E-state index is -5.80. The summed E-state index contributed by atoms with van der Waals surface area (Å²) in [6, 6.07) is 1.42. The number of nitrogen functional groups attached to an aromatic ring is 1. The molecular weight excluding hydrogens is 713 g/mol. The number of carbonyl (C=O) groups excluding carboxylic acids is 2. The van der Waals surface area contributed by atoms with Crippen molar-refractivity contribution in [3.05, 3.63) is 28.0 Å². The van der Waals surface area contributed by atoms with E-state index in [-0.39, 0.29) is 32.3 Å². The molecule has 6 unspecified atom stereocenters. The Balaban J connectivity index is 1.39. The zero-order chi connectivity index (χ0) is 32.9. The average Bonchev–Trinajstić information content (AvgIpc) is 3.68. The molecule has 5 heterocycles. The summed E-state index contributed by atoms with van der Waals surface area (Å²) in [7, 11) is -15.8. The van der Waals surface area contributed by atoms with Gasteiger partial charge in [0.05, 0.1) is 25.6 Å². The van der Waals surface area contributed by atoms with E-state index in [4.69, 9.17) is 46.5 Å². The number of hydrogen-bond donors (Lipinski definition) is 7. The molecule has 1 amide bonds. The Morgan fingerprint density at radius 1 is 1.16 bits per heavy atom. The fraction of sp³-hybridized carbons (Fsp3) is 0.389. The summed E-state index contributed by atoms with van der Waals surface area (Å²) in [4.78, 5) is 72.9. The molecule has 2 saturated heterocycles. The molecule has 0 radical (unpaired) electrons. The predicted octanol–water partition coefficient (Wildman–Crippen LogP) is 0.909. The number of aromatic amines is 1. The largest absolute Gasteiger partial charge is 0.490 e. The number of nitrogens with one attached hydrogen (secondary N) is 2. The number of H-pyrrole nitrogens is 1. The number of esters is 1. The van der Waals surface area contributed by atoms with Gasteiger partial charge in [0.1, 0.15) is 33.5 Å². The summed E-state index contributed by atoms with van der Waals surface area (Å²) in [6.45, 7) is -0.932. The van der Waals surface area contributed by atoms with Crippen LogP contribution >= 0.6 is 47.0 Å². The first kappa shape index (κ1) is 33.9. The van der Waals surface area contributed by atoms with Crippen LogP contribution in [0.1, 0.15) is 16.6 Å². The second-order valence-corrected chi connectivity index (χ2v) is 14.6. The number of hydrogen-bond acceptors (Lipinski definition) is 17. The van der Waals surface area contributed by atoms with E-state index in [1.54, 1.807) is 0 Å². The summed E-state index contributed by atoms with van der Waals surface area (Å²) < 4.78 is 70.8. The minimum Gasteiger partial charge on any atom is -0.465 e. The first-order valence-corrected chi connectivity index (χ1v) is 17.7. The smallest absolute Gasteiger partial charge is 0.465 e. The summed E-state index contributed by atoms with van der Waals surface area (Å²) in [5.41, 5.74) is 6.18. The van der Waals surface area contributed by atoms with Gasteiger partial charge in [-0.1, -0.05) is 12.2 Å². The predicted molar refractivity (Wildman–Crippen MR) is 149 cm³/mol. The van der Waals surface area contributed by atoms with Gasteiger partial charge in [0.25, 0.3) is 5.91 Å². The molecule has 7 atom stereocenters. The molecule has 2 aliphatic rings. The van der Waals surface area contributed by atoms with E-state index in [0.29, 0.717) is 0 Å². The third kappa shape index (κ3) is 7.57. The number of carbonyl (C=O) groups is 2. The molecule has 2 fully saturated rings. The van der Waals surface area contributed by atoms with E-state index in [1.165, 1.54) is 22.3 Å². The third-order valence-corrected chi connectivity index (χ3v) is 10.8. The summed E-state index contributed by atoms with van der Waals surface area (Å²) in [5.74, 6) is -1.65. The van der Waals surface area contributed by atoms with E-state index < -0.39 is 72.8 Å². The van der Waals surface area contributed by atoms with Crippen molar-refractivity contribution >= 4 is 81.0 Å². The van der Waals surface area contributed by atoms with Crippen molar-refractivity contribution in [3.8, 4) is 0 Å². The second kappa shape index (κ2) is 12.6. The fourth-order valence-electron chi connectivity index (χ4n) is 4.26. The summed E-state index contributed by atoms with van der Waals surface area (Å²) in [5, 5.41) is 4.15. The number of aromatic nitrogens is 4. The maximum absolute atomic E-state index is 13.1. The maximum atomic E-state index is 13.1. The number of amides is 1. The number of phosphoric ester groups is 1. The lowest BCUT2D eigenvalue weighted by atomic mass is 10.1. The van der Waals surface area contributed by atoms with Gasteiger partial charge in [0.15, 0.2) is 11.9 Å². The van der Waals surface area contributed by atoms with Crippen LogP contribution in [0.25, 0.3) is 11.2 Å². The lowest BCUT2D eigenvalue weighted by Gasteiger charge is -2.22. The van der Waals surface area contributed by atoms with E-state index in [9.17, 15) is 33.1 Å². The highest BCUT2D eigenvalue weighted by Crippen LogP contribution is 2.66. The molecule has 8 N–H and O–H groups in total. The second-order valence-electron chi connectivity index (χ2n) is 8.90. The number of nitrogens with two attached hydrogens (primary N) is 1. The average molecular weight is 734 g/mol. The van der Waals surface area contributed by atoms with Crippen molar-refractivity contribution in [2.75, 3.05) is 24.8 Å². The van der Waals surface area contributed by atoms with E-state index in [0.717, 1.165) is 18.4 Å². The van der Waals surface area contributed by atoms with Gasteiger partial charge in [-0.25, -0.2) is 23.5 Å². The van der Waals surface area contributed by atoms with Crippen LogP contribution in [0, 0.1) is 4.64 Å². The van der Waals surface area contributed by atoms with Gasteiger partial charge in [0.2, 0.25) is 12.2 Å². The van der Waals surface area contributed by atoms with Crippen LogP contribution in [0.4, 0.5) is 10.9 Å². The topological polar surface area (TPSA) is 315 Å². The summed E-state index contributed by atoms with van der Waals surface area (Å²) in [6.07, 6.45) is -5.38. The maximum Gasteiger partial charge on any atom is 0.490 e. The third-order valence-electron chi connectivity index (χ3n) is 5.91. The number of imidazole rings is 1. The van der Waals surface area contributed by atoms with Crippen LogP contribution in [-0.4, -0.2) is 89.3 Å². The molecular formula is C18H21N6O16P3S2. The van der Waals surface area contributed by atoms with E-state index >= 15 is 0 Å². The van der Waals surface area contributed by atoms with Gasteiger partial charge >= 0.3 is 29.4 Å². The molecule has 3 aromatic rings. The fourth-order valence-corrected chi connectivity index (χ4v) is 8.32. The van der Waals surface area contributed by atoms with Gasteiger partial charge in [0, 0.05) is 0 Å². The Morgan fingerprint density at radius 3 is 2.56 bits per heavy atom. The van der Waals surface area contributed by atoms with Crippen LogP contribution < -0.4 is 11.1 Å². The Bertz CT molecular complexity index is 1840. The Labute approximate surface area is 258 Å². The number of methoxy groups -OCH3 is 1. The standard InChI is InChI=1S/C18H21N6O16P3S2/c1-34-16(26)6-2-3-45-14(6)22-12(25)17-37-9-7(4-35-42(30,31)40-43(32,33)39-41(27,28)29)36-15(10(9)38-17)24-5-20-8-11(24)21-18(19)23-13(8)44/h2-3,5,7,9-10,15,17H,4H2,1H3,(H,22,25)(H,30,31)(H,32,33)(H2,27,28,29)(H3,19,21,23,44)/t7?,9?,10?,15?,17-/m1/s1. The van der Waals surface area contributed by atoms with Crippen molar-refractivity contribution in [3.63, 3.8) is 0 Å². The minimum absolute atomic E-state index is 0.0641. The Morgan fingerprint density at radius 2 is 1.87 bits per heavy atom. The Hall–Kier alpha value is -2.50. The lowest BCUT2D eigenvalue weighted by Crippen LogP contribution is -2.34. The molecule has 0 spiro atoms. The van der Waals surface area contributed by atoms with Crippen LogP contribution in [0.5, 0.6) is 0 Å². The number of ether oxygens (including phenoxy) is 4. The van der Waals surface area contributed by atoms with Crippen molar-refractivity contribution in [1.29, 1.82) is 0 Å². The van der Waals surface area contributed by atoms with Gasteiger partial charge < -0.3 is 54.6 Å². The summed E-state index contributed by atoms with van der Waals surface area (Å²) >= 11 is 6.24. The van der Waals surface area contributed by atoms with Crippen molar-refractivity contribution < 1.29 is 75.0 Å². The molecule has 0 bridgehead atoms. The molecule has 3 aromatic heterocycles. The van der Waals surface area contributed by atoms with E-state index in [2.05, 4.69) is 33.6 Å². The molecule has 0 aromatic carbocycles. The van der Waals surface area contributed by atoms with Gasteiger partial charge in [-0.05, 0) is 11.4 Å². The molecule has 0 saturated carbocycles. The monoisotopic (exact) mass is 734 g/mol. The van der Waals surface area contributed by atoms with Crippen LogP contribution in [0.2, 0.25) is 0 Å². The molecule has 27 heteroatoms. The number of thiophene rings is 1. The molecule has 0 aliphatic carbocycles. The quantitative estimate of drug-likeness (QED) is 0.0817. The molecule has 2 aliphatic heterocycles. The molecule has 246 valence electrons. The van der Waals surface area contributed by atoms with E-state index in [1.807, 2.05) is 0 Å². The number of rotatable bonds is 11. The number of phosphoric acid groups is 3. The van der Waals surface area contributed by atoms with Crippen LogP contribution in [0.3, 0.4) is 0 Å². The number of fused-ring (bicyclic) bond motifs is 2. The lowest BCUT2D eigenvalue weighted by molar-refractivity contribution is -0.166. The van der Waals surface area contributed by atoms with Gasteiger partial charge in [-0.3, -0.25) is 13.9 Å².